The van der Waals surface area contributed by atoms with Crippen molar-refractivity contribution in [3.8, 4) is 5.75 Å². The van der Waals surface area contributed by atoms with Crippen LogP contribution in [0.5, 0.6) is 5.75 Å². The fourth-order valence-electron chi connectivity index (χ4n) is 2.62. The number of benzene rings is 1. The molecule has 2 rings (SSSR count). The van der Waals surface area contributed by atoms with Gasteiger partial charge in [-0.3, -0.25) is 0 Å². The molecule has 1 N–H and O–H groups in total. The first-order valence-electron chi connectivity index (χ1n) is 7.46. The molecule has 1 aromatic rings. The van der Waals surface area contributed by atoms with Crippen LogP contribution in [0.15, 0.2) is 30.3 Å². The van der Waals surface area contributed by atoms with Gasteiger partial charge < -0.3 is 10.1 Å². The molecular weight excluding hydrogens is 234 g/mol. The normalized spacial score (nSPS) is 23.7. The smallest absolute Gasteiger partial charge is 0.119 e. The highest BCUT2D eigenvalue weighted by molar-refractivity contribution is 5.51. The van der Waals surface area contributed by atoms with Crippen LogP contribution in [0.3, 0.4) is 0 Å². The number of rotatable bonds is 5. The van der Waals surface area contributed by atoms with Crippen LogP contribution in [-0.2, 0) is 0 Å². The number of nitrogens with one attached hydrogen (secondary N) is 1. The molecule has 1 heterocycles. The zero-order valence-electron chi connectivity index (χ0n) is 12.1. The Hall–Kier alpha value is -1.28. The largest absolute Gasteiger partial charge is 0.494 e. The lowest BCUT2D eigenvalue weighted by Crippen LogP contribution is -2.36. The molecule has 2 atom stereocenters. The van der Waals surface area contributed by atoms with Crippen LogP contribution < -0.4 is 10.1 Å². The third kappa shape index (κ3) is 4.39. The second-order valence-corrected chi connectivity index (χ2v) is 5.22. The van der Waals surface area contributed by atoms with Gasteiger partial charge in [0, 0.05) is 6.04 Å². The summed E-state index contributed by atoms with van der Waals surface area (Å²) in [5.41, 5.74) is 1.24. The summed E-state index contributed by atoms with van der Waals surface area (Å²) in [6.45, 7) is 6.17. The first-order valence-corrected chi connectivity index (χ1v) is 7.46. The molecule has 1 fully saturated rings. The highest BCUT2D eigenvalue weighted by Crippen LogP contribution is 2.20. The molecule has 1 aliphatic heterocycles. The van der Waals surface area contributed by atoms with Crippen LogP contribution in [0.2, 0.25) is 0 Å². The molecule has 19 heavy (non-hydrogen) atoms. The van der Waals surface area contributed by atoms with E-state index >= 15 is 0 Å². The summed E-state index contributed by atoms with van der Waals surface area (Å²) in [6.07, 6.45) is 8.41. The predicted molar refractivity (Wildman–Crippen MR) is 81.5 cm³/mol. The van der Waals surface area contributed by atoms with Crippen LogP contribution in [0.4, 0.5) is 0 Å². The Morgan fingerprint density at radius 2 is 2.05 bits per heavy atom. The molecule has 0 aliphatic carbocycles. The number of piperidine rings is 1. The average molecular weight is 259 g/mol. The molecule has 0 spiro atoms. The van der Waals surface area contributed by atoms with Crippen LogP contribution in [-0.4, -0.2) is 19.2 Å². The first kappa shape index (κ1) is 14.1. The van der Waals surface area contributed by atoms with E-state index in [0.29, 0.717) is 6.04 Å². The van der Waals surface area contributed by atoms with Crippen molar-refractivity contribution in [1.29, 1.82) is 0 Å². The Bertz CT molecular complexity index is 396. The molecule has 0 saturated carbocycles. The summed E-state index contributed by atoms with van der Waals surface area (Å²) in [5, 5.41) is 3.57. The minimum absolute atomic E-state index is 0.533. The quantitative estimate of drug-likeness (QED) is 0.866. The van der Waals surface area contributed by atoms with Gasteiger partial charge in [0.05, 0.1) is 6.61 Å². The van der Waals surface area contributed by atoms with Gasteiger partial charge in [-0.25, -0.2) is 0 Å². The maximum atomic E-state index is 5.45. The second-order valence-electron chi connectivity index (χ2n) is 5.22. The molecule has 1 saturated heterocycles. The zero-order chi connectivity index (χ0) is 13.5. The van der Waals surface area contributed by atoms with Crippen molar-refractivity contribution < 1.29 is 4.74 Å². The Balaban J connectivity index is 1.90. The van der Waals surface area contributed by atoms with Crippen LogP contribution >= 0.6 is 0 Å². The first-order chi connectivity index (χ1) is 9.31. The van der Waals surface area contributed by atoms with Gasteiger partial charge in [0.1, 0.15) is 5.75 Å². The topological polar surface area (TPSA) is 21.3 Å². The Morgan fingerprint density at radius 1 is 1.26 bits per heavy atom. The van der Waals surface area contributed by atoms with Crippen molar-refractivity contribution in [3.63, 3.8) is 0 Å². The molecule has 2 unspecified atom stereocenters. The molecule has 0 aromatic heterocycles. The van der Waals surface area contributed by atoms with Gasteiger partial charge in [0.2, 0.25) is 0 Å². The fourth-order valence-corrected chi connectivity index (χ4v) is 2.62. The summed E-state index contributed by atoms with van der Waals surface area (Å²) >= 11 is 0. The van der Waals surface area contributed by atoms with Crippen molar-refractivity contribution in [2.45, 2.75) is 39.2 Å². The van der Waals surface area contributed by atoms with Crippen molar-refractivity contribution in [1.82, 2.24) is 5.32 Å². The standard InChI is InChI=1S/C17H25NO/c1-3-14-11-12-18-16(13-14)8-5-15-6-9-17(10-7-15)19-4-2/h5-10,14,16,18H,3-4,11-13H2,1-2H3/b8-5+. The minimum atomic E-state index is 0.533. The van der Waals surface area contributed by atoms with E-state index in [4.69, 9.17) is 4.74 Å². The van der Waals surface area contributed by atoms with Gasteiger partial charge in [0.25, 0.3) is 0 Å². The Kier molecular flexibility index (Phi) is 5.46. The molecule has 1 aromatic carbocycles. The van der Waals surface area contributed by atoms with E-state index in [-0.39, 0.29) is 0 Å². The van der Waals surface area contributed by atoms with Gasteiger partial charge in [-0.15, -0.1) is 0 Å². The maximum Gasteiger partial charge on any atom is 0.119 e. The monoisotopic (exact) mass is 259 g/mol. The highest BCUT2D eigenvalue weighted by atomic mass is 16.5. The zero-order valence-corrected chi connectivity index (χ0v) is 12.1. The fraction of sp³-hybridized carbons (Fsp3) is 0.529. The van der Waals surface area contributed by atoms with Gasteiger partial charge in [0.15, 0.2) is 0 Å². The molecular formula is C17H25NO. The molecule has 0 bridgehead atoms. The summed E-state index contributed by atoms with van der Waals surface area (Å²) in [5.74, 6) is 1.83. The molecule has 104 valence electrons. The van der Waals surface area contributed by atoms with Gasteiger partial charge >= 0.3 is 0 Å². The lowest BCUT2D eigenvalue weighted by molar-refractivity contribution is 0.326. The van der Waals surface area contributed by atoms with E-state index < -0.39 is 0 Å². The van der Waals surface area contributed by atoms with Crippen molar-refractivity contribution in [2.24, 2.45) is 5.92 Å². The van der Waals surface area contributed by atoms with Gasteiger partial charge in [-0.1, -0.05) is 37.6 Å². The summed E-state index contributed by atoms with van der Waals surface area (Å²) in [4.78, 5) is 0. The van der Waals surface area contributed by atoms with Gasteiger partial charge in [-0.2, -0.15) is 0 Å². The molecule has 1 aliphatic rings. The SMILES string of the molecule is CCOc1ccc(/C=C/C2CC(CC)CCN2)cc1. The summed E-state index contributed by atoms with van der Waals surface area (Å²) < 4.78 is 5.45. The Labute approximate surface area is 116 Å². The van der Waals surface area contributed by atoms with E-state index in [1.54, 1.807) is 0 Å². The third-order valence-corrected chi connectivity index (χ3v) is 3.84. The van der Waals surface area contributed by atoms with Crippen molar-refractivity contribution in [3.05, 3.63) is 35.9 Å². The highest BCUT2D eigenvalue weighted by Gasteiger charge is 2.17. The van der Waals surface area contributed by atoms with E-state index in [2.05, 4.69) is 36.5 Å². The van der Waals surface area contributed by atoms with E-state index in [1.165, 1.54) is 24.8 Å². The predicted octanol–water partition coefficient (Wildman–Crippen LogP) is 3.88. The third-order valence-electron chi connectivity index (χ3n) is 3.84. The van der Waals surface area contributed by atoms with E-state index in [0.717, 1.165) is 24.8 Å². The molecule has 2 heteroatoms. The number of hydrogen-bond acceptors (Lipinski definition) is 2. The van der Waals surface area contributed by atoms with Gasteiger partial charge in [-0.05, 0) is 49.9 Å². The molecule has 2 nitrogen and oxygen atoms in total. The number of hydrogen-bond donors (Lipinski definition) is 1. The number of ether oxygens (including phenoxy) is 1. The van der Waals surface area contributed by atoms with E-state index in [9.17, 15) is 0 Å². The summed E-state index contributed by atoms with van der Waals surface area (Å²) in [6, 6.07) is 8.83. The van der Waals surface area contributed by atoms with Crippen LogP contribution in [0.1, 0.15) is 38.7 Å². The lowest BCUT2D eigenvalue weighted by Gasteiger charge is -2.27. The minimum Gasteiger partial charge on any atom is -0.494 e. The van der Waals surface area contributed by atoms with E-state index in [1.807, 2.05) is 19.1 Å². The van der Waals surface area contributed by atoms with Crippen LogP contribution in [0.25, 0.3) is 6.08 Å². The van der Waals surface area contributed by atoms with Crippen molar-refractivity contribution >= 4 is 6.08 Å². The Morgan fingerprint density at radius 3 is 2.74 bits per heavy atom. The average Bonchev–Trinajstić information content (AvgIpc) is 2.47. The lowest BCUT2D eigenvalue weighted by atomic mass is 9.90. The molecule has 0 radical (unpaired) electrons. The summed E-state index contributed by atoms with van der Waals surface area (Å²) in [7, 11) is 0. The van der Waals surface area contributed by atoms with Crippen molar-refractivity contribution in [2.75, 3.05) is 13.2 Å². The molecule has 0 amide bonds. The van der Waals surface area contributed by atoms with Crippen LogP contribution in [0, 0.1) is 5.92 Å². The maximum absolute atomic E-state index is 5.45. The second kappa shape index (κ2) is 7.34.